The molecule has 3 unspecified atom stereocenters. The first kappa shape index (κ1) is 22.5. The van der Waals surface area contributed by atoms with Gasteiger partial charge < -0.3 is 9.47 Å². The van der Waals surface area contributed by atoms with Gasteiger partial charge in [0.05, 0.1) is 41.7 Å². The molecule has 5 rings (SSSR count). The van der Waals surface area contributed by atoms with Crippen molar-refractivity contribution in [3.63, 3.8) is 0 Å². The lowest BCUT2D eigenvalue weighted by atomic mass is 9.90. The fourth-order valence-electron chi connectivity index (χ4n) is 4.47. The fourth-order valence-corrected chi connectivity index (χ4v) is 4.76. The second-order valence-electron chi connectivity index (χ2n) is 7.88. The quantitative estimate of drug-likeness (QED) is 0.458. The van der Waals surface area contributed by atoms with E-state index in [0.717, 1.165) is 4.90 Å². The van der Waals surface area contributed by atoms with Gasteiger partial charge in [0.2, 0.25) is 5.91 Å². The Morgan fingerprint density at radius 1 is 0.824 bits per heavy atom. The highest BCUT2D eigenvalue weighted by Gasteiger charge is 2.60. The maximum atomic E-state index is 13.7. The molecule has 0 saturated carbocycles. The van der Waals surface area contributed by atoms with Crippen LogP contribution in [-0.4, -0.2) is 32.1 Å². The molecule has 2 heterocycles. The van der Waals surface area contributed by atoms with E-state index in [2.05, 4.69) is 0 Å². The van der Waals surface area contributed by atoms with E-state index in [1.807, 2.05) is 36.4 Å². The molecule has 7 nitrogen and oxygen atoms in total. The molecule has 2 fully saturated rings. The molecule has 0 N–H and O–H groups in total. The van der Waals surface area contributed by atoms with Gasteiger partial charge in [-0.05, 0) is 42.5 Å². The summed E-state index contributed by atoms with van der Waals surface area (Å²) in [5, 5.41) is 2.19. The Balaban J connectivity index is 1.62. The molecular weight excluding hydrogens is 479 g/mol. The van der Waals surface area contributed by atoms with Gasteiger partial charge in [-0.2, -0.15) is 0 Å². The zero-order chi connectivity index (χ0) is 24.0. The van der Waals surface area contributed by atoms with Gasteiger partial charge in [0.15, 0.2) is 6.10 Å². The number of amides is 2. The molecule has 2 aliphatic heterocycles. The first-order valence-electron chi connectivity index (χ1n) is 10.5. The molecule has 34 heavy (non-hydrogen) atoms. The third-order valence-electron chi connectivity index (χ3n) is 6.05. The fraction of sp³-hybridized carbons (Fsp3) is 0.200. The number of para-hydroxylation sites is 1. The van der Waals surface area contributed by atoms with Crippen molar-refractivity contribution in [2.75, 3.05) is 24.2 Å². The highest BCUT2D eigenvalue weighted by Crippen LogP contribution is 2.50. The van der Waals surface area contributed by atoms with Crippen LogP contribution in [0.4, 0.5) is 11.4 Å². The first-order valence-corrected chi connectivity index (χ1v) is 11.3. The Labute approximate surface area is 206 Å². The smallest absolute Gasteiger partial charge is 0.266 e. The number of anilines is 2. The standard InChI is InChI=1S/C25H20Cl2N2O5/c1-32-16-9-10-17(20(13-16)33-2)22-21-23(34-29(22)14-6-4-3-5-7-14)25(31)28(24(21)30)15-8-11-18(26)19(27)12-15/h3-13,21-23H,1-2H3. The Morgan fingerprint density at radius 3 is 2.26 bits per heavy atom. The van der Waals surface area contributed by atoms with Gasteiger partial charge in [-0.3, -0.25) is 14.4 Å². The minimum atomic E-state index is -1.01. The number of imide groups is 1. The van der Waals surface area contributed by atoms with Gasteiger partial charge in [-0.1, -0.05) is 41.4 Å². The first-order chi connectivity index (χ1) is 16.4. The van der Waals surface area contributed by atoms with E-state index in [4.69, 9.17) is 37.5 Å². The molecule has 0 aliphatic carbocycles. The van der Waals surface area contributed by atoms with Gasteiger partial charge in [0, 0.05) is 11.6 Å². The van der Waals surface area contributed by atoms with Gasteiger partial charge in [-0.25, -0.2) is 9.96 Å². The molecule has 2 aliphatic rings. The average Bonchev–Trinajstić information content (AvgIpc) is 3.36. The van der Waals surface area contributed by atoms with Gasteiger partial charge >= 0.3 is 0 Å². The summed E-state index contributed by atoms with van der Waals surface area (Å²) in [6.07, 6.45) is -1.01. The number of nitrogens with zero attached hydrogens (tertiary/aromatic N) is 2. The Hall–Kier alpha value is -3.26. The number of ether oxygens (including phenoxy) is 2. The predicted octanol–water partition coefficient (Wildman–Crippen LogP) is 5.06. The van der Waals surface area contributed by atoms with Crippen molar-refractivity contribution in [2.24, 2.45) is 5.92 Å². The summed E-state index contributed by atoms with van der Waals surface area (Å²) in [6.45, 7) is 0. The average molecular weight is 499 g/mol. The van der Waals surface area contributed by atoms with E-state index in [-0.39, 0.29) is 5.02 Å². The molecule has 2 saturated heterocycles. The number of carbonyl (C=O) groups excluding carboxylic acids is 2. The topological polar surface area (TPSA) is 68.3 Å². The van der Waals surface area contributed by atoms with Crippen molar-refractivity contribution < 1.29 is 23.9 Å². The number of fused-ring (bicyclic) bond motifs is 1. The normalized spacial score (nSPS) is 21.7. The molecule has 9 heteroatoms. The van der Waals surface area contributed by atoms with Crippen LogP contribution in [0.15, 0.2) is 66.7 Å². The van der Waals surface area contributed by atoms with Crippen LogP contribution >= 0.6 is 23.2 Å². The summed E-state index contributed by atoms with van der Waals surface area (Å²) in [6, 6.07) is 18.7. The third kappa shape index (κ3) is 3.57. The molecule has 0 bridgehead atoms. The molecule has 3 aromatic carbocycles. The Morgan fingerprint density at radius 2 is 1.59 bits per heavy atom. The molecular formula is C25H20Cl2N2O5. The molecule has 3 aromatic rings. The minimum Gasteiger partial charge on any atom is -0.497 e. The number of benzene rings is 3. The van der Waals surface area contributed by atoms with E-state index in [1.165, 1.54) is 6.07 Å². The summed E-state index contributed by atoms with van der Waals surface area (Å²) in [5.41, 5.74) is 1.74. The van der Waals surface area contributed by atoms with Crippen LogP contribution in [-0.2, 0) is 14.4 Å². The predicted molar refractivity (Wildman–Crippen MR) is 129 cm³/mol. The second-order valence-corrected chi connectivity index (χ2v) is 8.69. The van der Waals surface area contributed by atoms with Crippen molar-refractivity contribution in [2.45, 2.75) is 12.1 Å². The third-order valence-corrected chi connectivity index (χ3v) is 6.79. The van der Waals surface area contributed by atoms with Crippen molar-refractivity contribution in [3.05, 3.63) is 82.3 Å². The summed E-state index contributed by atoms with van der Waals surface area (Å²) >= 11 is 12.2. The maximum absolute atomic E-state index is 13.7. The number of hydrogen-bond donors (Lipinski definition) is 0. The van der Waals surface area contributed by atoms with Crippen LogP contribution in [0.1, 0.15) is 11.6 Å². The monoisotopic (exact) mass is 498 g/mol. The summed E-state index contributed by atoms with van der Waals surface area (Å²) in [4.78, 5) is 34.4. The largest absolute Gasteiger partial charge is 0.497 e. The van der Waals surface area contributed by atoms with Crippen LogP contribution < -0.4 is 19.4 Å². The Kier molecular flexibility index (Phi) is 5.85. The second kappa shape index (κ2) is 8.83. The number of halogens is 2. The zero-order valence-electron chi connectivity index (χ0n) is 18.3. The number of hydrogen-bond acceptors (Lipinski definition) is 6. The highest BCUT2D eigenvalue weighted by atomic mass is 35.5. The van der Waals surface area contributed by atoms with Crippen LogP contribution in [0, 0.1) is 5.92 Å². The lowest BCUT2D eigenvalue weighted by Crippen LogP contribution is -2.37. The van der Waals surface area contributed by atoms with E-state index in [1.54, 1.807) is 43.5 Å². The summed E-state index contributed by atoms with van der Waals surface area (Å²) in [5.74, 6) is -0.556. The Bertz CT molecular complexity index is 1270. The van der Waals surface area contributed by atoms with E-state index < -0.39 is 29.9 Å². The SMILES string of the molecule is COc1ccc(C2C3C(=O)N(c4ccc(Cl)c(Cl)c4)C(=O)C3ON2c2ccccc2)c(OC)c1. The van der Waals surface area contributed by atoms with Crippen molar-refractivity contribution in [1.82, 2.24) is 0 Å². The van der Waals surface area contributed by atoms with Gasteiger partial charge in [-0.15, -0.1) is 0 Å². The summed E-state index contributed by atoms with van der Waals surface area (Å²) in [7, 11) is 3.11. The van der Waals surface area contributed by atoms with Gasteiger partial charge in [0.25, 0.3) is 5.91 Å². The summed E-state index contributed by atoms with van der Waals surface area (Å²) < 4.78 is 11.0. The lowest BCUT2D eigenvalue weighted by Gasteiger charge is -2.29. The molecule has 0 radical (unpaired) electrons. The van der Waals surface area contributed by atoms with E-state index in [0.29, 0.717) is 33.5 Å². The number of methoxy groups -OCH3 is 2. The molecule has 2 amide bonds. The van der Waals surface area contributed by atoms with E-state index in [9.17, 15) is 9.59 Å². The number of carbonyl (C=O) groups is 2. The van der Waals surface area contributed by atoms with Crippen LogP contribution in [0.3, 0.4) is 0 Å². The molecule has 3 atom stereocenters. The van der Waals surface area contributed by atoms with Crippen molar-refractivity contribution in [3.8, 4) is 11.5 Å². The maximum Gasteiger partial charge on any atom is 0.266 e. The van der Waals surface area contributed by atoms with Crippen LogP contribution in [0.2, 0.25) is 10.0 Å². The lowest BCUT2D eigenvalue weighted by molar-refractivity contribution is -0.126. The molecule has 0 spiro atoms. The van der Waals surface area contributed by atoms with Gasteiger partial charge in [0.1, 0.15) is 17.4 Å². The van der Waals surface area contributed by atoms with E-state index >= 15 is 0 Å². The molecule has 174 valence electrons. The minimum absolute atomic E-state index is 0.247. The molecule has 0 aromatic heterocycles. The van der Waals surface area contributed by atoms with Crippen LogP contribution in [0.5, 0.6) is 11.5 Å². The highest BCUT2D eigenvalue weighted by molar-refractivity contribution is 6.42. The number of hydroxylamine groups is 1. The zero-order valence-corrected chi connectivity index (χ0v) is 19.8. The van der Waals surface area contributed by atoms with Crippen LogP contribution in [0.25, 0.3) is 0 Å². The van der Waals surface area contributed by atoms with Crippen molar-refractivity contribution >= 4 is 46.4 Å². The van der Waals surface area contributed by atoms with Crippen molar-refractivity contribution in [1.29, 1.82) is 0 Å². The number of rotatable bonds is 5.